The summed E-state index contributed by atoms with van der Waals surface area (Å²) in [6, 6.07) is 14.8. The molecule has 0 aliphatic heterocycles. The topological polar surface area (TPSA) is 118 Å². The van der Waals surface area contributed by atoms with Crippen LogP contribution >= 0.6 is 11.3 Å². The average molecular weight is 480 g/mol. The molecular formula is C25H25N3O5S. The summed E-state index contributed by atoms with van der Waals surface area (Å²) in [6.45, 7) is 3.65. The van der Waals surface area contributed by atoms with Crippen LogP contribution in [0.5, 0.6) is 0 Å². The largest absolute Gasteiger partial charge is 0.476 e. The smallest absolute Gasteiger partial charge is 0.407 e. The van der Waals surface area contributed by atoms with Gasteiger partial charge in [-0.25, -0.2) is 14.6 Å². The number of thiazole rings is 1. The van der Waals surface area contributed by atoms with Gasteiger partial charge in [0.05, 0.1) is 6.04 Å². The van der Waals surface area contributed by atoms with E-state index in [0.717, 1.165) is 33.6 Å². The molecule has 1 aliphatic carbocycles. The van der Waals surface area contributed by atoms with E-state index in [1.54, 1.807) is 13.8 Å². The first-order valence-corrected chi connectivity index (χ1v) is 11.9. The SMILES string of the molecule is CC[C@@H](NC(=O)OCC1c2ccccc2-c2ccccc21)C(=O)NC(C)c1nc(C(=O)O)cs1. The number of benzene rings is 2. The van der Waals surface area contributed by atoms with Crippen LogP contribution < -0.4 is 10.6 Å². The molecule has 0 spiro atoms. The molecule has 2 aromatic carbocycles. The van der Waals surface area contributed by atoms with E-state index < -0.39 is 30.1 Å². The fourth-order valence-corrected chi connectivity index (χ4v) is 4.90. The van der Waals surface area contributed by atoms with Gasteiger partial charge >= 0.3 is 12.1 Å². The van der Waals surface area contributed by atoms with Gasteiger partial charge in [-0.05, 0) is 35.6 Å². The fourth-order valence-electron chi connectivity index (χ4n) is 4.10. The Morgan fingerprint density at radius 1 is 1.06 bits per heavy atom. The molecule has 0 radical (unpaired) electrons. The predicted molar refractivity (Wildman–Crippen MR) is 128 cm³/mol. The molecule has 3 N–H and O–H groups in total. The van der Waals surface area contributed by atoms with E-state index in [4.69, 9.17) is 9.84 Å². The molecule has 34 heavy (non-hydrogen) atoms. The molecule has 1 aliphatic rings. The number of ether oxygens (including phenoxy) is 1. The summed E-state index contributed by atoms with van der Waals surface area (Å²) in [5, 5.41) is 16.3. The number of carbonyl (C=O) groups is 3. The summed E-state index contributed by atoms with van der Waals surface area (Å²) in [5.41, 5.74) is 4.43. The highest BCUT2D eigenvalue weighted by atomic mass is 32.1. The summed E-state index contributed by atoms with van der Waals surface area (Å²) >= 11 is 1.15. The maximum Gasteiger partial charge on any atom is 0.407 e. The number of alkyl carbamates (subject to hydrolysis) is 1. The monoisotopic (exact) mass is 479 g/mol. The van der Waals surface area contributed by atoms with E-state index in [1.165, 1.54) is 5.38 Å². The lowest BCUT2D eigenvalue weighted by atomic mass is 9.98. The molecule has 0 fully saturated rings. The van der Waals surface area contributed by atoms with Gasteiger partial charge in [-0.1, -0.05) is 55.5 Å². The van der Waals surface area contributed by atoms with Crippen LogP contribution in [-0.2, 0) is 9.53 Å². The minimum atomic E-state index is -1.12. The lowest BCUT2D eigenvalue weighted by molar-refractivity contribution is -0.123. The normalized spacial score (nSPS) is 13.9. The number of carboxylic acids is 1. The Morgan fingerprint density at radius 2 is 1.68 bits per heavy atom. The second-order valence-electron chi connectivity index (χ2n) is 8.04. The summed E-state index contributed by atoms with van der Waals surface area (Å²) < 4.78 is 5.54. The average Bonchev–Trinajstić information content (AvgIpc) is 3.45. The lowest BCUT2D eigenvalue weighted by Crippen LogP contribution is -2.47. The van der Waals surface area contributed by atoms with Crippen molar-refractivity contribution in [2.75, 3.05) is 6.61 Å². The Morgan fingerprint density at radius 3 is 2.24 bits per heavy atom. The third-order valence-electron chi connectivity index (χ3n) is 5.83. The predicted octanol–water partition coefficient (Wildman–Crippen LogP) is 4.34. The van der Waals surface area contributed by atoms with Crippen LogP contribution in [0.1, 0.15) is 58.9 Å². The van der Waals surface area contributed by atoms with Crippen LogP contribution in [0.2, 0.25) is 0 Å². The Labute approximate surface area is 201 Å². The molecule has 9 heteroatoms. The van der Waals surface area contributed by atoms with Crippen LogP contribution in [-0.4, -0.2) is 40.7 Å². The van der Waals surface area contributed by atoms with Crippen molar-refractivity contribution in [1.29, 1.82) is 0 Å². The van der Waals surface area contributed by atoms with Crippen molar-refractivity contribution >= 4 is 29.3 Å². The highest BCUT2D eigenvalue weighted by Crippen LogP contribution is 2.44. The maximum absolute atomic E-state index is 12.7. The number of hydrogen-bond acceptors (Lipinski definition) is 6. The van der Waals surface area contributed by atoms with E-state index in [0.29, 0.717) is 11.4 Å². The number of hydrogen-bond donors (Lipinski definition) is 3. The zero-order chi connectivity index (χ0) is 24.2. The molecule has 176 valence electrons. The molecule has 1 unspecified atom stereocenters. The van der Waals surface area contributed by atoms with Crippen LogP contribution in [0.25, 0.3) is 11.1 Å². The molecule has 2 amide bonds. The third-order valence-corrected chi connectivity index (χ3v) is 6.86. The standard InChI is InChI=1S/C25H25N3O5S/c1-3-20(22(29)26-14(2)23-27-21(13-34-23)24(30)31)28-25(32)33-12-19-17-10-6-4-8-15(17)16-9-5-7-11-18(16)19/h4-11,13-14,19-20H,3,12H2,1-2H3,(H,26,29)(H,28,32)(H,30,31)/t14?,20-/m1/s1. The van der Waals surface area contributed by atoms with Gasteiger partial charge in [-0.15, -0.1) is 11.3 Å². The summed E-state index contributed by atoms with van der Waals surface area (Å²) in [5.74, 6) is -1.58. The Bertz CT molecular complexity index is 1180. The summed E-state index contributed by atoms with van der Waals surface area (Å²) in [4.78, 5) is 40.3. The second kappa shape index (κ2) is 10.0. The second-order valence-corrected chi connectivity index (χ2v) is 8.93. The van der Waals surface area contributed by atoms with Crippen molar-refractivity contribution in [2.45, 2.75) is 38.3 Å². The van der Waals surface area contributed by atoms with E-state index in [1.807, 2.05) is 36.4 Å². The molecule has 2 atom stereocenters. The number of carboxylic acid groups (broad SMARTS) is 1. The number of fused-ring (bicyclic) bond motifs is 3. The number of aromatic carboxylic acids is 1. The number of carbonyl (C=O) groups excluding carboxylic acids is 2. The van der Waals surface area contributed by atoms with E-state index >= 15 is 0 Å². The quantitative estimate of drug-likeness (QED) is 0.443. The first-order chi connectivity index (χ1) is 16.4. The van der Waals surface area contributed by atoms with Gasteiger partial charge in [0, 0.05) is 11.3 Å². The fraction of sp³-hybridized carbons (Fsp3) is 0.280. The van der Waals surface area contributed by atoms with Crippen molar-refractivity contribution < 1.29 is 24.2 Å². The molecule has 0 saturated carbocycles. The summed E-state index contributed by atoms with van der Waals surface area (Å²) in [6.07, 6.45) is -0.306. The van der Waals surface area contributed by atoms with Gasteiger partial charge in [0.15, 0.2) is 5.69 Å². The molecule has 1 heterocycles. The first kappa shape index (κ1) is 23.4. The van der Waals surface area contributed by atoms with E-state index in [2.05, 4.69) is 27.8 Å². The van der Waals surface area contributed by atoms with Crippen LogP contribution in [0.3, 0.4) is 0 Å². The number of nitrogens with one attached hydrogen (secondary N) is 2. The van der Waals surface area contributed by atoms with Crippen LogP contribution in [0.15, 0.2) is 53.9 Å². The number of amides is 2. The molecule has 0 saturated heterocycles. The molecular weight excluding hydrogens is 454 g/mol. The van der Waals surface area contributed by atoms with Gasteiger partial charge in [0.2, 0.25) is 5.91 Å². The van der Waals surface area contributed by atoms with Crippen molar-refractivity contribution in [2.24, 2.45) is 0 Å². The minimum Gasteiger partial charge on any atom is -0.476 e. The zero-order valence-electron chi connectivity index (χ0n) is 18.8. The molecule has 0 bridgehead atoms. The van der Waals surface area contributed by atoms with Gasteiger partial charge in [-0.2, -0.15) is 0 Å². The van der Waals surface area contributed by atoms with E-state index in [9.17, 15) is 14.4 Å². The Kier molecular flexibility index (Phi) is 6.93. The molecule has 3 aromatic rings. The molecule has 4 rings (SSSR count). The number of rotatable bonds is 8. The third kappa shape index (κ3) is 4.79. The highest BCUT2D eigenvalue weighted by molar-refractivity contribution is 7.09. The van der Waals surface area contributed by atoms with E-state index in [-0.39, 0.29) is 18.2 Å². The maximum atomic E-state index is 12.7. The van der Waals surface area contributed by atoms with Crippen LogP contribution in [0.4, 0.5) is 4.79 Å². The van der Waals surface area contributed by atoms with Crippen LogP contribution in [0, 0.1) is 0 Å². The Balaban J connectivity index is 1.35. The number of aromatic nitrogens is 1. The van der Waals surface area contributed by atoms with Crippen molar-refractivity contribution in [3.8, 4) is 11.1 Å². The highest BCUT2D eigenvalue weighted by Gasteiger charge is 2.30. The van der Waals surface area contributed by atoms with Gasteiger partial charge in [0.1, 0.15) is 17.7 Å². The lowest BCUT2D eigenvalue weighted by Gasteiger charge is -2.20. The van der Waals surface area contributed by atoms with Crippen molar-refractivity contribution in [3.63, 3.8) is 0 Å². The van der Waals surface area contributed by atoms with Crippen molar-refractivity contribution in [1.82, 2.24) is 15.6 Å². The van der Waals surface area contributed by atoms with Crippen molar-refractivity contribution in [3.05, 3.63) is 75.7 Å². The first-order valence-electron chi connectivity index (χ1n) is 11.0. The zero-order valence-corrected chi connectivity index (χ0v) is 19.6. The minimum absolute atomic E-state index is 0.0649. The van der Waals surface area contributed by atoms with Gasteiger partial charge in [0.25, 0.3) is 0 Å². The molecule has 8 nitrogen and oxygen atoms in total. The van der Waals surface area contributed by atoms with Gasteiger partial charge < -0.3 is 20.5 Å². The van der Waals surface area contributed by atoms with Gasteiger partial charge in [-0.3, -0.25) is 4.79 Å². The summed E-state index contributed by atoms with van der Waals surface area (Å²) in [7, 11) is 0. The number of nitrogens with zero attached hydrogens (tertiary/aromatic N) is 1. The Hall–Kier alpha value is -3.72. The molecule has 1 aromatic heterocycles.